The van der Waals surface area contributed by atoms with E-state index in [9.17, 15) is 9.18 Å². The van der Waals surface area contributed by atoms with E-state index in [4.69, 9.17) is 0 Å². The topological polar surface area (TPSA) is 35.6 Å². The molecule has 23 heavy (non-hydrogen) atoms. The monoisotopic (exact) mass is 321 g/mol. The summed E-state index contributed by atoms with van der Waals surface area (Å²) in [7, 11) is 2.07. The molecule has 128 valence electrons. The number of benzene rings is 1. The van der Waals surface area contributed by atoms with Crippen LogP contribution in [0.15, 0.2) is 24.3 Å². The van der Waals surface area contributed by atoms with E-state index in [-0.39, 0.29) is 17.9 Å². The molecule has 0 radical (unpaired) electrons. The first kappa shape index (κ1) is 17.7. The van der Waals surface area contributed by atoms with Crippen LogP contribution >= 0.6 is 0 Å². The summed E-state index contributed by atoms with van der Waals surface area (Å²) in [4.78, 5) is 16.4. The molecule has 0 bridgehead atoms. The van der Waals surface area contributed by atoms with Crippen LogP contribution in [-0.4, -0.2) is 48.1 Å². The third kappa shape index (κ3) is 5.20. The number of carbonyl (C=O) groups excluding carboxylic acids is 1. The molecule has 2 rings (SSSR count). The molecule has 2 amide bonds. The molecule has 1 aromatic rings. The highest BCUT2D eigenvalue weighted by atomic mass is 19.1. The summed E-state index contributed by atoms with van der Waals surface area (Å²) >= 11 is 0. The first-order valence-corrected chi connectivity index (χ1v) is 8.51. The molecule has 0 unspecified atom stereocenters. The fraction of sp³-hybridized carbons (Fsp3) is 0.611. The lowest BCUT2D eigenvalue weighted by Crippen LogP contribution is -2.44. The molecule has 4 nitrogen and oxygen atoms in total. The van der Waals surface area contributed by atoms with Crippen LogP contribution in [0, 0.1) is 5.82 Å². The maximum Gasteiger partial charge on any atom is 0.317 e. The van der Waals surface area contributed by atoms with Crippen LogP contribution in [0.25, 0.3) is 0 Å². The highest BCUT2D eigenvalue weighted by Gasteiger charge is 2.32. The zero-order valence-corrected chi connectivity index (χ0v) is 14.4. The van der Waals surface area contributed by atoms with Crippen LogP contribution in [0.3, 0.4) is 0 Å². The number of likely N-dealkylation sites (N-methyl/N-ethyl adjacent to an activating group) is 1. The second-order valence-corrected chi connectivity index (χ2v) is 6.42. The molecule has 0 aliphatic heterocycles. The zero-order valence-electron chi connectivity index (χ0n) is 14.4. The van der Waals surface area contributed by atoms with Gasteiger partial charge >= 0.3 is 6.03 Å². The quantitative estimate of drug-likeness (QED) is 0.798. The first-order chi connectivity index (χ1) is 11.0. The zero-order chi connectivity index (χ0) is 16.8. The van der Waals surface area contributed by atoms with Crippen molar-refractivity contribution in [3.63, 3.8) is 0 Å². The highest BCUT2D eigenvalue weighted by molar-refractivity contribution is 5.75. The Labute approximate surface area is 138 Å². The molecule has 0 heterocycles. The summed E-state index contributed by atoms with van der Waals surface area (Å²) < 4.78 is 13.8. The number of amides is 2. The lowest BCUT2D eigenvalue weighted by Gasteiger charge is -2.26. The highest BCUT2D eigenvalue weighted by Crippen LogP contribution is 2.28. The third-order valence-corrected chi connectivity index (χ3v) is 4.63. The third-order valence-electron chi connectivity index (χ3n) is 4.63. The van der Waals surface area contributed by atoms with Crippen LogP contribution in [0.5, 0.6) is 0 Å². The molecule has 1 atom stereocenters. The lowest BCUT2D eigenvalue weighted by atomic mass is 10.2. The fourth-order valence-corrected chi connectivity index (χ4v) is 2.54. The molecule has 1 aliphatic rings. The summed E-state index contributed by atoms with van der Waals surface area (Å²) in [6.07, 6.45) is 3.11. The summed E-state index contributed by atoms with van der Waals surface area (Å²) in [6, 6.07) is 7.34. The van der Waals surface area contributed by atoms with Gasteiger partial charge in [-0.2, -0.15) is 0 Å². The Balaban J connectivity index is 1.86. The van der Waals surface area contributed by atoms with E-state index in [1.54, 1.807) is 17.0 Å². The van der Waals surface area contributed by atoms with E-state index in [0.717, 1.165) is 25.8 Å². The van der Waals surface area contributed by atoms with Gasteiger partial charge in [0.2, 0.25) is 0 Å². The molecular formula is C18H28FN3O. The molecular weight excluding hydrogens is 293 g/mol. The van der Waals surface area contributed by atoms with Gasteiger partial charge in [-0.1, -0.05) is 25.1 Å². The summed E-state index contributed by atoms with van der Waals surface area (Å²) in [5.41, 5.74) is 0.575. The molecule has 1 fully saturated rings. The van der Waals surface area contributed by atoms with Gasteiger partial charge in [-0.3, -0.25) is 0 Å². The van der Waals surface area contributed by atoms with Crippen LogP contribution in [0.4, 0.5) is 9.18 Å². The Morgan fingerprint density at radius 2 is 2.09 bits per heavy atom. The van der Waals surface area contributed by atoms with Gasteiger partial charge in [0, 0.05) is 30.7 Å². The number of hydrogen-bond acceptors (Lipinski definition) is 2. The maximum atomic E-state index is 13.8. The largest absolute Gasteiger partial charge is 0.337 e. The van der Waals surface area contributed by atoms with E-state index in [0.29, 0.717) is 24.7 Å². The second-order valence-electron chi connectivity index (χ2n) is 6.42. The van der Waals surface area contributed by atoms with Gasteiger partial charge in [0.15, 0.2) is 0 Å². The van der Waals surface area contributed by atoms with Crippen LogP contribution in [0.2, 0.25) is 0 Å². The van der Waals surface area contributed by atoms with Gasteiger partial charge in [-0.25, -0.2) is 9.18 Å². The number of nitrogens with one attached hydrogen (secondary N) is 1. The van der Waals surface area contributed by atoms with Gasteiger partial charge in [-0.15, -0.1) is 0 Å². The average molecular weight is 321 g/mol. The molecule has 1 saturated carbocycles. The molecule has 1 aromatic carbocycles. The Bertz CT molecular complexity index is 519. The second kappa shape index (κ2) is 8.29. The molecule has 0 spiro atoms. The summed E-state index contributed by atoms with van der Waals surface area (Å²) in [6.45, 7) is 6.10. The molecule has 5 heteroatoms. The maximum absolute atomic E-state index is 13.8. The predicted octanol–water partition coefficient (Wildman–Crippen LogP) is 3.23. The lowest BCUT2D eigenvalue weighted by molar-refractivity contribution is 0.187. The SMILES string of the molecule is CC[C@H](C)N(C)CCNC(=O)N(Cc1ccccc1F)C1CC1. The first-order valence-electron chi connectivity index (χ1n) is 8.51. The van der Waals surface area contributed by atoms with E-state index in [1.165, 1.54) is 6.07 Å². The van der Waals surface area contributed by atoms with Crippen molar-refractivity contribution in [2.24, 2.45) is 0 Å². The minimum Gasteiger partial charge on any atom is -0.337 e. The standard InChI is InChI=1S/C18H28FN3O/c1-4-14(2)21(3)12-11-20-18(23)22(16-9-10-16)13-15-7-5-6-8-17(15)19/h5-8,14,16H,4,9-13H2,1-3H3,(H,20,23)/t14-/m0/s1. The van der Waals surface area contributed by atoms with Crippen molar-refractivity contribution in [2.45, 2.75) is 51.7 Å². The summed E-state index contributed by atoms with van der Waals surface area (Å²) in [5.74, 6) is -0.248. The number of rotatable bonds is 8. The van der Waals surface area contributed by atoms with E-state index in [1.807, 2.05) is 6.07 Å². The Morgan fingerprint density at radius 3 is 2.70 bits per heavy atom. The van der Waals surface area contributed by atoms with E-state index >= 15 is 0 Å². The van der Waals surface area contributed by atoms with Crippen LogP contribution in [0.1, 0.15) is 38.7 Å². The number of carbonyl (C=O) groups is 1. The predicted molar refractivity (Wildman–Crippen MR) is 90.7 cm³/mol. The van der Waals surface area contributed by atoms with Crippen LogP contribution in [-0.2, 0) is 6.54 Å². The van der Waals surface area contributed by atoms with Crippen molar-refractivity contribution >= 4 is 6.03 Å². The normalized spacial score (nSPS) is 15.5. The van der Waals surface area contributed by atoms with Gasteiger partial charge in [0.25, 0.3) is 0 Å². The van der Waals surface area contributed by atoms with Crippen molar-refractivity contribution in [1.29, 1.82) is 0 Å². The number of nitrogens with zero attached hydrogens (tertiary/aromatic N) is 2. The van der Waals surface area contributed by atoms with Gasteiger partial charge in [0.05, 0.1) is 6.54 Å². The molecule has 1 N–H and O–H groups in total. The summed E-state index contributed by atoms with van der Waals surface area (Å²) in [5, 5.41) is 2.98. The van der Waals surface area contributed by atoms with Crippen molar-refractivity contribution < 1.29 is 9.18 Å². The minimum atomic E-state index is -0.248. The van der Waals surface area contributed by atoms with Crippen LogP contribution < -0.4 is 5.32 Å². The average Bonchev–Trinajstić information content (AvgIpc) is 3.37. The van der Waals surface area contributed by atoms with E-state index < -0.39 is 0 Å². The fourth-order valence-electron chi connectivity index (χ4n) is 2.54. The van der Waals surface area contributed by atoms with Crippen molar-refractivity contribution in [3.05, 3.63) is 35.6 Å². The van der Waals surface area contributed by atoms with E-state index in [2.05, 4.69) is 31.1 Å². The molecule has 1 aliphatic carbocycles. The minimum absolute atomic E-state index is 0.0895. The Kier molecular flexibility index (Phi) is 6.39. The number of halogens is 1. The molecule has 0 aromatic heterocycles. The van der Waals surface area contributed by atoms with Crippen molar-refractivity contribution in [2.75, 3.05) is 20.1 Å². The van der Waals surface area contributed by atoms with Crippen molar-refractivity contribution in [3.8, 4) is 0 Å². The smallest absolute Gasteiger partial charge is 0.317 e. The Morgan fingerprint density at radius 1 is 1.39 bits per heavy atom. The van der Waals surface area contributed by atoms with Gasteiger partial charge < -0.3 is 15.1 Å². The number of urea groups is 1. The van der Waals surface area contributed by atoms with Crippen molar-refractivity contribution in [1.82, 2.24) is 15.1 Å². The Hall–Kier alpha value is -1.62. The van der Waals surface area contributed by atoms with Gasteiger partial charge in [0.1, 0.15) is 5.82 Å². The van der Waals surface area contributed by atoms with Gasteiger partial charge in [-0.05, 0) is 39.3 Å². The number of hydrogen-bond donors (Lipinski definition) is 1. The molecule has 0 saturated heterocycles.